The zero-order valence-corrected chi connectivity index (χ0v) is 16.2. The van der Waals surface area contributed by atoms with Crippen LogP contribution in [0.2, 0.25) is 0 Å². The number of rotatable bonds is 2. The van der Waals surface area contributed by atoms with E-state index in [0.717, 1.165) is 0 Å². The first-order chi connectivity index (χ1) is 13.1. The quantitative estimate of drug-likeness (QED) is 0.397. The molecule has 8 atom stereocenters. The van der Waals surface area contributed by atoms with Crippen molar-refractivity contribution in [2.45, 2.75) is 69.7 Å². The van der Waals surface area contributed by atoms with Gasteiger partial charge >= 0.3 is 0 Å². The van der Waals surface area contributed by atoms with Gasteiger partial charge in [-0.05, 0) is 50.9 Å². The summed E-state index contributed by atoms with van der Waals surface area (Å²) in [6, 6.07) is 0. The van der Waals surface area contributed by atoms with Gasteiger partial charge in [0.2, 0.25) is 11.6 Å². The summed E-state index contributed by atoms with van der Waals surface area (Å²) in [4.78, 5) is 50.1. The molecule has 2 N–H and O–H groups in total. The van der Waals surface area contributed by atoms with Crippen molar-refractivity contribution in [3.05, 3.63) is 0 Å². The Morgan fingerprint density at radius 3 is 2.54 bits per heavy atom. The van der Waals surface area contributed by atoms with Crippen LogP contribution in [0.3, 0.4) is 0 Å². The van der Waals surface area contributed by atoms with Crippen molar-refractivity contribution in [2.75, 3.05) is 6.61 Å². The highest BCUT2D eigenvalue weighted by atomic mass is 16.6. The van der Waals surface area contributed by atoms with E-state index >= 15 is 0 Å². The Balaban J connectivity index is 1.58. The lowest BCUT2D eigenvalue weighted by Gasteiger charge is -2.57. The van der Waals surface area contributed by atoms with E-state index in [1.807, 2.05) is 6.92 Å². The van der Waals surface area contributed by atoms with Crippen molar-refractivity contribution < 1.29 is 34.1 Å². The predicted molar refractivity (Wildman–Crippen MR) is 94.1 cm³/mol. The normalized spacial score (nSPS) is 54.5. The molecule has 4 aliphatic carbocycles. The molecule has 0 aromatic heterocycles. The Morgan fingerprint density at radius 1 is 1.14 bits per heavy atom. The molecule has 1 saturated heterocycles. The van der Waals surface area contributed by atoms with Crippen LogP contribution in [0, 0.1) is 28.6 Å². The Hall–Kier alpha value is -1.44. The summed E-state index contributed by atoms with van der Waals surface area (Å²) in [5.74, 6) is -2.53. The molecular weight excluding hydrogens is 364 g/mol. The van der Waals surface area contributed by atoms with Crippen molar-refractivity contribution >= 4 is 23.1 Å². The number of aliphatic hydroxyl groups excluding tert-OH is 1. The first kappa shape index (κ1) is 18.6. The van der Waals surface area contributed by atoms with Gasteiger partial charge in [0, 0.05) is 11.3 Å². The van der Waals surface area contributed by atoms with E-state index in [1.165, 1.54) is 0 Å². The number of carbonyl (C=O) groups is 4. The molecule has 0 amide bonds. The zero-order chi connectivity index (χ0) is 20.3. The number of aliphatic hydroxyl groups is 2. The van der Waals surface area contributed by atoms with Gasteiger partial charge in [-0.15, -0.1) is 0 Å². The molecule has 5 aliphatic rings. The Labute approximate surface area is 162 Å². The van der Waals surface area contributed by atoms with Crippen molar-refractivity contribution in [1.82, 2.24) is 0 Å². The largest absolute Gasteiger partial charge is 0.388 e. The van der Waals surface area contributed by atoms with Crippen LogP contribution in [0.25, 0.3) is 0 Å². The number of ether oxygens (including phenoxy) is 1. The van der Waals surface area contributed by atoms with Gasteiger partial charge in [0.05, 0.1) is 17.9 Å². The molecule has 2 unspecified atom stereocenters. The van der Waals surface area contributed by atoms with Crippen LogP contribution >= 0.6 is 0 Å². The number of epoxide rings is 1. The molecule has 5 fully saturated rings. The first-order valence-electron chi connectivity index (χ1n) is 10.2. The van der Waals surface area contributed by atoms with Crippen LogP contribution in [-0.2, 0) is 23.9 Å². The SMILES string of the molecule is C[C@]12C(=O)CC(=O)C(=O)C1CC[C@H]1[C@@H]3CC[C@](O)(C(=O)CO)[C@@]3(C)CC3O[C@]312. The van der Waals surface area contributed by atoms with Crippen LogP contribution in [0.4, 0.5) is 0 Å². The van der Waals surface area contributed by atoms with E-state index in [1.54, 1.807) is 6.92 Å². The molecule has 1 aliphatic heterocycles. The minimum Gasteiger partial charge on any atom is -0.388 e. The predicted octanol–water partition coefficient (Wildman–Crippen LogP) is 0.380. The van der Waals surface area contributed by atoms with Crippen LogP contribution in [0.15, 0.2) is 0 Å². The second-order valence-electron chi connectivity index (χ2n) is 9.93. The van der Waals surface area contributed by atoms with Gasteiger partial charge in [-0.2, -0.15) is 0 Å². The molecule has 0 aromatic rings. The van der Waals surface area contributed by atoms with Crippen LogP contribution < -0.4 is 0 Å². The topological polar surface area (TPSA) is 121 Å². The molecule has 152 valence electrons. The van der Waals surface area contributed by atoms with Gasteiger partial charge in [-0.25, -0.2) is 0 Å². The number of hydrogen-bond acceptors (Lipinski definition) is 7. The molecule has 4 saturated carbocycles. The molecule has 28 heavy (non-hydrogen) atoms. The fourth-order valence-electron chi connectivity index (χ4n) is 7.82. The summed E-state index contributed by atoms with van der Waals surface area (Å²) in [5.41, 5.74) is -4.12. The number of carbonyl (C=O) groups excluding carboxylic acids is 4. The molecular formula is C21H26O7. The smallest absolute Gasteiger partial charge is 0.206 e. The summed E-state index contributed by atoms with van der Waals surface area (Å²) in [7, 11) is 0. The van der Waals surface area contributed by atoms with Crippen molar-refractivity contribution in [3.8, 4) is 0 Å². The van der Waals surface area contributed by atoms with Crippen LogP contribution in [-0.4, -0.2) is 57.3 Å². The van der Waals surface area contributed by atoms with E-state index in [4.69, 9.17) is 4.74 Å². The highest BCUT2D eigenvalue weighted by Gasteiger charge is 2.84. The second kappa shape index (κ2) is 5.18. The van der Waals surface area contributed by atoms with Gasteiger partial charge in [0.25, 0.3) is 0 Å². The maximum atomic E-state index is 13.1. The van der Waals surface area contributed by atoms with Gasteiger partial charge in [0.1, 0.15) is 23.6 Å². The van der Waals surface area contributed by atoms with Gasteiger partial charge < -0.3 is 14.9 Å². The maximum Gasteiger partial charge on any atom is 0.206 e. The number of Topliss-reactive ketones (excluding diaryl/α,β-unsaturated/α-hetero) is 4. The Morgan fingerprint density at radius 2 is 1.86 bits per heavy atom. The molecule has 0 radical (unpaired) electrons. The van der Waals surface area contributed by atoms with Crippen molar-refractivity contribution in [2.24, 2.45) is 28.6 Å². The summed E-state index contributed by atoms with van der Waals surface area (Å²) in [6.07, 6.45) is 1.72. The lowest BCUT2D eigenvalue weighted by atomic mass is 9.43. The fraction of sp³-hybridized carbons (Fsp3) is 0.810. The van der Waals surface area contributed by atoms with Crippen molar-refractivity contribution in [1.29, 1.82) is 0 Å². The third kappa shape index (κ3) is 1.70. The van der Waals surface area contributed by atoms with Crippen LogP contribution in [0.1, 0.15) is 52.4 Å². The molecule has 7 heteroatoms. The number of fused-ring (bicyclic) bond motifs is 3. The zero-order valence-electron chi connectivity index (χ0n) is 16.2. The number of hydrogen-bond donors (Lipinski definition) is 2. The van der Waals surface area contributed by atoms with Gasteiger partial charge in [-0.3, -0.25) is 19.2 Å². The van der Waals surface area contributed by atoms with E-state index in [2.05, 4.69) is 0 Å². The lowest BCUT2D eigenvalue weighted by molar-refractivity contribution is -0.173. The minimum atomic E-state index is -1.59. The summed E-state index contributed by atoms with van der Waals surface area (Å²) >= 11 is 0. The minimum absolute atomic E-state index is 0.0370. The molecule has 1 heterocycles. The highest BCUT2D eigenvalue weighted by Crippen LogP contribution is 2.76. The second-order valence-corrected chi connectivity index (χ2v) is 9.93. The molecule has 0 bridgehead atoms. The lowest BCUT2D eigenvalue weighted by Crippen LogP contribution is -2.67. The average Bonchev–Trinajstić information content (AvgIpc) is 3.31. The average molecular weight is 390 g/mol. The Bertz CT molecular complexity index is 835. The number of ketones is 4. The monoisotopic (exact) mass is 390 g/mol. The van der Waals surface area contributed by atoms with Crippen LogP contribution in [0.5, 0.6) is 0 Å². The summed E-state index contributed by atoms with van der Waals surface area (Å²) in [6.45, 7) is 2.99. The molecule has 5 rings (SSSR count). The fourth-order valence-corrected chi connectivity index (χ4v) is 7.82. The standard InChI is InChI=1S/C21H26O7/c1-18-8-16-21(28-16)11(10(18)5-6-20(18,27)15(25)9-22)3-4-12-17(26)13(23)7-14(24)19(12,21)2/h10-12,16,22,27H,3-9H2,1-2H3/t10-,11-,12?,16?,18-,19+,20-,21-/m0/s1. The maximum absolute atomic E-state index is 13.1. The molecule has 0 aromatic carbocycles. The molecule has 7 nitrogen and oxygen atoms in total. The Kier molecular flexibility index (Phi) is 3.44. The summed E-state index contributed by atoms with van der Waals surface area (Å²) in [5, 5.41) is 20.6. The van der Waals surface area contributed by atoms with E-state index in [0.29, 0.717) is 32.1 Å². The molecule has 1 spiro atoms. The van der Waals surface area contributed by atoms with Gasteiger partial charge in [-0.1, -0.05) is 6.92 Å². The van der Waals surface area contributed by atoms with E-state index in [-0.39, 0.29) is 30.1 Å². The van der Waals surface area contributed by atoms with Crippen molar-refractivity contribution in [3.63, 3.8) is 0 Å². The third-order valence-corrected chi connectivity index (χ3v) is 9.36. The third-order valence-electron chi connectivity index (χ3n) is 9.36. The first-order valence-corrected chi connectivity index (χ1v) is 10.2. The van der Waals surface area contributed by atoms with Gasteiger partial charge in [0.15, 0.2) is 5.78 Å². The highest BCUT2D eigenvalue weighted by molar-refractivity contribution is 6.44. The summed E-state index contributed by atoms with van der Waals surface area (Å²) < 4.78 is 6.23. The van der Waals surface area contributed by atoms with E-state index < -0.39 is 51.9 Å². The van der Waals surface area contributed by atoms with E-state index in [9.17, 15) is 29.4 Å².